The number of hydrogen-bond acceptors (Lipinski definition) is 6. The molecule has 6 rings (SSSR count). The number of carbonyl (C=O) groups excluding carboxylic acids is 1. The molecule has 1 amide bonds. The quantitative estimate of drug-likeness (QED) is 0.310. The number of rotatable bonds is 8. The van der Waals surface area contributed by atoms with Gasteiger partial charge in [-0.2, -0.15) is 4.98 Å². The third-order valence-corrected chi connectivity index (χ3v) is 8.34. The highest BCUT2D eigenvalue weighted by molar-refractivity contribution is 6.33. The van der Waals surface area contributed by atoms with Crippen LogP contribution in [0.3, 0.4) is 0 Å². The number of carbonyl (C=O) groups is 1. The van der Waals surface area contributed by atoms with Crippen LogP contribution >= 0.6 is 11.6 Å². The van der Waals surface area contributed by atoms with E-state index < -0.39 is 0 Å². The van der Waals surface area contributed by atoms with Crippen LogP contribution in [0.25, 0.3) is 11.4 Å². The van der Waals surface area contributed by atoms with Crippen molar-refractivity contribution in [3.63, 3.8) is 0 Å². The fourth-order valence-electron chi connectivity index (χ4n) is 5.66. The Balaban J connectivity index is 0.930. The first-order valence-electron chi connectivity index (χ1n) is 14.1. The molecule has 7 nitrogen and oxygen atoms in total. The van der Waals surface area contributed by atoms with Gasteiger partial charge in [-0.05, 0) is 66.7 Å². The van der Waals surface area contributed by atoms with Gasteiger partial charge in [-0.1, -0.05) is 77.4 Å². The van der Waals surface area contributed by atoms with Gasteiger partial charge in [0.1, 0.15) is 0 Å². The zero-order chi connectivity index (χ0) is 27.3. The highest BCUT2D eigenvalue weighted by Crippen LogP contribution is 2.26. The normalized spacial score (nSPS) is 16.5. The molecule has 0 saturated carbocycles. The van der Waals surface area contributed by atoms with Crippen molar-refractivity contribution in [3.05, 3.63) is 106 Å². The lowest BCUT2D eigenvalue weighted by atomic mass is 9.96. The zero-order valence-electron chi connectivity index (χ0n) is 22.6. The number of hydrogen-bond donors (Lipinski definition) is 1. The fourth-order valence-corrected chi connectivity index (χ4v) is 5.88. The average molecular weight is 556 g/mol. The van der Waals surface area contributed by atoms with E-state index in [1.54, 1.807) is 0 Å². The summed E-state index contributed by atoms with van der Waals surface area (Å²) in [5.74, 6) is 1.22. The highest BCUT2D eigenvalue weighted by atomic mass is 35.5. The number of amides is 1. The number of piperidine rings is 1. The summed E-state index contributed by atoms with van der Waals surface area (Å²) in [6, 6.07) is 24.9. The molecule has 0 unspecified atom stereocenters. The summed E-state index contributed by atoms with van der Waals surface area (Å²) in [6.45, 7) is 5.81. The molecule has 40 heavy (non-hydrogen) atoms. The second kappa shape index (κ2) is 12.3. The lowest BCUT2D eigenvalue weighted by Gasteiger charge is -2.30. The SMILES string of the molecule is O=C(NCc1ccc(CN2CCc3ccccc3C2)cc1)C1CCN(Cc2nc(-c3ccccc3Cl)no2)CC1. The van der Waals surface area contributed by atoms with E-state index >= 15 is 0 Å². The van der Waals surface area contributed by atoms with Crippen molar-refractivity contribution in [2.24, 2.45) is 5.92 Å². The van der Waals surface area contributed by atoms with E-state index in [0.29, 0.717) is 29.8 Å². The number of nitrogens with one attached hydrogen (secondary N) is 1. The van der Waals surface area contributed by atoms with E-state index in [-0.39, 0.29) is 11.8 Å². The largest absolute Gasteiger partial charge is 0.352 e. The van der Waals surface area contributed by atoms with Crippen LogP contribution in [0, 0.1) is 5.92 Å². The van der Waals surface area contributed by atoms with E-state index in [4.69, 9.17) is 16.1 Å². The summed E-state index contributed by atoms with van der Waals surface area (Å²) in [5, 5.41) is 7.84. The molecule has 0 aliphatic carbocycles. The molecule has 0 spiro atoms. The minimum atomic E-state index is 0.0267. The predicted molar refractivity (Wildman–Crippen MR) is 155 cm³/mol. The number of aromatic nitrogens is 2. The summed E-state index contributed by atoms with van der Waals surface area (Å²) >= 11 is 6.26. The first-order valence-corrected chi connectivity index (χ1v) is 14.4. The van der Waals surface area contributed by atoms with Crippen molar-refractivity contribution in [2.75, 3.05) is 19.6 Å². The topological polar surface area (TPSA) is 74.5 Å². The maximum Gasteiger partial charge on any atom is 0.241 e. The lowest BCUT2D eigenvalue weighted by molar-refractivity contribution is -0.126. The Hall–Kier alpha value is -3.52. The van der Waals surface area contributed by atoms with E-state index in [9.17, 15) is 4.79 Å². The van der Waals surface area contributed by atoms with Crippen LogP contribution in [0.4, 0.5) is 0 Å². The van der Waals surface area contributed by atoms with Crippen LogP contribution in [0.2, 0.25) is 5.02 Å². The molecule has 0 atom stereocenters. The first-order chi connectivity index (χ1) is 19.6. The van der Waals surface area contributed by atoms with Crippen molar-refractivity contribution < 1.29 is 9.32 Å². The molecule has 1 saturated heterocycles. The fraction of sp³-hybridized carbons (Fsp3) is 0.344. The molecule has 0 bridgehead atoms. The zero-order valence-corrected chi connectivity index (χ0v) is 23.3. The summed E-state index contributed by atoms with van der Waals surface area (Å²) in [5.41, 5.74) is 6.12. The van der Waals surface area contributed by atoms with Gasteiger partial charge in [-0.15, -0.1) is 0 Å². The van der Waals surface area contributed by atoms with Crippen LogP contribution in [0.5, 0.6) is 0 Å². The molecular weight excluding hydrogens is 522 g/mol. The number of nitrogens with zero attached hydrogens (tertiary/aromatic N) is 4. The minimum Gasteiger partial charge on any atom is -0.352 e. The van der Waals surface area contributed by atoms with Gasteiger partial charge in [0.2, 0.25) is 17.6 Å². The monoisotopic (exact) mass is 555 g/mol. The standard InChI is InChI=1S/C32H34ClN5O2/c33-29-8-4-3-7-28(29)31-35-30(40-36-31)22-37-16-14-26(15-17-37)32(39)34-19-23-9-11-24(12-10-23)20-38-18-13-25-5-1-2-6-27(25)21-38/h1-12,26H,13-22H2,(H,34,39). The van der Waals surface area contributed by atoms with Gasteiger partial charge in [-0.3, -0.25) is 14.6 Å². The Morgan fingerprint density at radius 1 is 0.875 bits per heavy atom. The predicted octanol–water partition coefficient (Wildman–Crippen LogP) is 5.48. The number of fused-ring (bicyclic) bond motifs is 1. The van der Waals surface area contributed by atoms with Crippen LogP contribution in [0.15, 0.2) is 77.3 Å². The molecule has 2 aliphatic rings. The Morgan fingerprint density at radius 3 is 2.40 bits per heavy atom. The summed E-state index contributed by atoms with van der Waals surface area (Å²) in [7, 11) is 0. The Kier molecular flexibility index (Phi) is 8.23. The molecular formula is C32H34ClN5O2. The molecule has 4 aromatic rings. The maximum atomic E-state index is 12.9. The van der Waals surface area contributed by atoms with Gasteiger partial charge in [0.25, 0.3) is 0 Å². The smallest absolute Gasteiger partial charge is 0.241 e. The van der Waals surface area contributed by atoms with Crippen molar-refractivity contribution in [3.8, 4) is 11.4 Å². The molecule has 1 fully saturated rings. The van der Waals surface area contributed by atoms with E-state index in [1.807, 2.05) is 24.3 Å². The number of halogens is 1. The van der Waals surface area contributed by atoms with Gasteiger partial charge in [0, 0.05) is 37.7 Å². The summed E-state index contributed by atoms with van der Waals surface area (Å²) in [6.07, 6.45) is 2.74. The minimum absolute atomic E-state index is 0.0267. The van der Waals surface area contributed by atoms with Gasteiger partial charge in [0.15, 0.2) is 0 Å². The number of benzene rings is 3. The van der Waals surface area contributed by atoms with Gasteiger partial charge in [0.05, 0.1) is 11.6 Å². The molecule has 3 aromatic carbocycles. The first kappa shape index (κ1) is 26.7. The second-order valence-electron chi connectivity index (χ2n) is 10.8. The molecule has 8 heteroatoms. The van der Waals surface area contributed by atoms with Crippen LogP contribution in [-0.4, -0.2) is 45.5 Å². The van der Waals surface area contributed by atoms with E-state index in [1.165, 1.54) is 16.7 Å². The van der Waals surface area contributed by atoms with Crippen LogP contribution < -0.4 is 5.32 Å². The van der Waals surface area contributed by atoms with Gasteiger partial charge >= 0.3 is 0 Å². The van der Waals surface area contributed by atoms with Gasteiger partial charge < -0.3 is 9.84 Å². The van der Waals surface area contributed by atoms with Crippen molar-refractivity contribution in [2.45, 2.75) is 45.4 Å². The maximum absolute atomic E-state index is 12.9. The third kappa shape index (κ3) is 6.44. The van der Waals surface area contributed by atoms with Crippen molar-refractivity contribution in [1.82, 2.24) is 25.3 Å². The molecule has 1 aromatic heterocycles. The molecule has 3 heterocycles. The Morgan fingerprint density at radius 2 is 1.60 bits per heavy atom. The van der Waals surface area contributed by atoms with E-state index in [2.05, 4.69) is 73.8 Å². The number of likely N-dealkylation sites (tertiary alicyclic amines) is 1. The molecule has 206 valence electrons. The average Bonchev–Trinajstić information content (AvgIpc) is 3.45. The van der Waals surface area contributed by atoms with Crippen LogP contribution in [-0.2, 0) is 37.4 Å². The van der Waals surface area contributed by atoms with Crippen molar-refractivity contribution in [1.29, 1.82) is 0 Å². The third-order valence-electron chi connectivity index (χ3n) is 8.01. The van der Waals surface area contributed by atoms with Gasteiger partial charge in [-0.25, -0.2) is 0 Å². The van der Waals surface area contributed by atoms with Crippen molar-refractivity contribution >= 4 is 17.5 Å². The molecule has 1 N–H and O–H groups in total. The highest BCUT2D eigenvalue weighted by Gasteiger charge is 2.26. The molecule has 0 radical (unpaired) electrons. The second-order valence-corrected chi connectivity index (χ2v) is 11.2. The van der Waals surface area contributed by atoms with Crippen LogP contribution in [0.1, 0.15) is 41.0 Å². The summed E-state index contributed by atoms with van der Waals surface area (Å²) in [4.78, 5) is 22.1. The Labute approximate surface area is 240 Å². The lowest BCUT2D eigenvalue weighted by Crippen LogP contribution is -2.40. The summed E-state index contributed by atoms with van der Waals surface area (Å²) < 4.78 is 5.46. The Bertz CT molecular complexity index is 1450. The van der Waals surface area contributed by atoms with E-state index in [0.717, 1.165) is 63.1 Å². The molecule has 2 aliphatic heterocycles.